The first-order chi connectivity index (χ1) is 9.73. The number of hydrogen-bond donors (Lipinski definition) is 1. The lowest BCUT2D eigenvalue weighted by Gasteiger charge is -2.18. The molecule has 0 saturated carbocycles. The van der Waals surface area contributed by atoms with Gasteiger partial charge in [0.05, 0.1) is 6.54 Å². The minimum absolute atomic E-state index is 0.104. The molecule has 1 aliphatic heterocycles. The number of rotatable bonds is 5. The Morgan fingerprint density at radius 3 is 2.10 bits per heavy atom. The third kappa shape index (κ3) is 4.58. The van der Waals surface area contributed by atoms with Crippen molar-refractivity contribution in [3.05, 3.63) is 11.1 Å². The Bertz CT molecular complexity index is 455. The molecule has 6 nitrogen and oxygen atoms in total. The molecule has 0 aromatic rings. The maximum absolute atomic E-state index is 11.9. The van der Waals surface area contributed by atoms with Gasteiger partial charge in [-0.3, -0.25) is 14.5 Å². The highest BCUT2D eigenvalue weighted by molar-refractivity contribution is 6.18. The first kappa shape index (κ1) is 17.2. The molecule has 0 saturated heterocycles. The second kappa shape index (κ2) is 7.24. The molecule has 0 atom stereocenters. The van der Waals surface area contributed by atoms with Crippen molar-refractivity contribution in [2.75, 3.05) is 13.2 Å². The van der Waals surface area contributed by atoms with Gasteiger partial charge in [-0.2, -0.15) is 0 Å². The molecule has 6 heteroatoms. The molecule has 118 valence electrons. The highest BCUT2D eigenvalue weighted by atomic mass is 16.5. The van der Waals surface area contributed by atoms with Gasteiger partial charge in [-0.1, -0.05) is 0 Å². The van der Waals surface area contributed by atoms with Crippen LogP contribution in [0.15, 0.2) is 16.1 Å². The van der Waals surface area contributed by atoms with Crippen molar-refractivity contribution in [1.29, 1.82) is 0 Å². The number of ether oxygens (including phenoxy) is 1. The minimum Gasteiger partial charge on any atom is -0.463 e. The highest BCUT2D eigenvalue weighted by Crippen LogP contribution is 2.19. The smallest absolute Gasteiger partial charge is 0.285 e. The van der Waals surface area contributed by atoms with Gasteiger partial charge in [0.25, 0.3) is 17.8 Å². The van der Waals surface area contributed by atoms with E-state index >= 15 is 0 Å². The molecule has 1 aliphatic rings. The van der Waals surface area contributed by atoms with E-state index in [9.17, 15) is 9.59 Å². The molecular weight excluding hydrogens is 270 g/mol. The first-order valence-electron chi connectivity index (χ1n) is 7.24. The molecule has 1 N–H and O–H groups in total. The topological polar surface area (TPSA) is 71.0 Å². The van der Waals surface area contributed by atoms with Crippen LogP contribution < -0.4 is 5.32 Å². The van der Waals surface area contributed by atoms with E-state index in [4.69, 9.17) is 4.74 Å². The average molecular weight is 295 g/mol. The summed E-state index contributed by atoms with van der Waals surface area (Å²) in [7, 11) is 0. The number of imide groups is 1. The van der Waals surface area contributed by atoms with Gasteiger partial charge in [-0.05, 0) is 41.5 Å². The fourth-order valence-corrected chi connectivity index (χ4v) is 1.85. The van der Waals surface area contributed by atoms with Crippen molar-refractivity contribution < 1.29 is 14.3 Å². The molecule has 0 spiro atoms. The van der Waals surface area contributed by atoms with Gasteiger partial charge < -0.3 is 10.1 Å². The molecule has 1 rings (SSSR count). The predicted molar refractivity (Wildman–Crippen MR) is 81.9 cm³/mol. The van der Waals surface area contributed by atoms with Crippen molar-refractivity contribution in [3.63, 3.8) is 0 Å². The van der Waals surface area contributed by atoms with Crippen LogP contribution in [-0.4, -0.2) is 48.0 Å². The van der Waals surface area contributed by atoms with Crippen molar-refractivity contribution in [2.45, 2.75) is 53.6 Å². The Kier molecular flexibility index (Phi) is 5.93. The van der Waals surface area contributed by atoms with Crippen molar-refractivity contribution in [3.8, 4) is 0 Å². The summed E-state index contributed by atoms with van der Waals surface area (Å²) in [6.07, 6.45) is 0. The summed E-state index contributed by atoms with van der Waals surface area (Å²) in [4.78, 5) is 29.4. The number of amidine groups is 1. The Hall–Kier alpha value is -1.85. The molecule has 0 unspecified atom stereocenters. The normalized spacial score (nSPS) is 16.6. The summed E-state index contributed by atoms with van der Waals surface area (Å²) in [5.41, 5.74) is 1.02. The van der Waals surface area contributed by atoms with Crippen LogP contribution in [0.2, 0.25) is 0 Å². The van der Waals surface area contributed by atoms with Crippen LogP contribution >= 0.6 is 0 Å². The lowest BCUT2D eigenvalue weighted by molar-refractivity contribution is -0.138. The SMILES string of the molecule is CC1=C(C)C(=O)N(CCOC(=NC(C)C)NC(C)C)C1=O. The van der Waals surface area contributed by atoms with Gasteiger partial charge in [0.2, 0.25) is 0 Å². The number of nitrogens with zero attached hydrogens (tertiary/aromatic N) is 2. The maximum atomic E-state index is 11.9. The molecule has 0 aliphatic carbocycles. The Labute approximate surface area is 126 Å². The zero-order valence-corrected chi connectivity index (χ0v) is 13.7. The highest BCUT2D eigenvalue weighted by Gasteiger charge is 2.32. The molecule has 0 aromatic heterocycles. The third-order valence-electron chi connectivity index (χ3n) is 3.04. The maximum Gasteiger partial charge on any atom is 0.285 e. The van der Waals surface area contributed by atoms with Gasteiger partial charge in [0, 0.05) is 23.2 Å². The van der Waals surface area contributed by atoms with Crippen LogP contribution in [0, 0.1) is 0 Å². The molecule has 0 radical (unpaired) electrons. The van der Waals surface area contributed by atoms with Gasteiger partial charge in [0.15, 0.2) is 0 Å². The first-order valence-corrected chi connectivity index (χ1v) is 7.24. The minimum atomic E-state index is -0.236. The van der Waals surface area contributed by atoms with Crippen molar-refractivity contribution >= 4 is 17.8 Å². The summed E-state index contributed by atoms with van der Waals surface area (Å²) in [6.45, 7) is 11.7. The van der Waals surface area contributed by atoms with Crippen LogP contribution in [-0.2, 0) is 14.3 Å². The van der Waals surface area contributed by atoms with E-state index in [1.54, 1.807) is 13.8 Å². The molecule has 2 amide bonds. The fraction of sp³-hybridized carbons (Fsp3) is 0.667. The lowest BCUT2D eigenvalue weighted by atomic mass is 10.2. The molecule has 21 heavy (non-hydrogen) atoms. The third-order valence-corrected chi connectivity index (χ3v) is 3.04. The van der Waals surface area contributed by atoms with E-state index in [-0.39, 0.29) is 37.0 Å². The number of aliphatic imine (C=N–C) groups is 1. The van der Waals surface area contributed by atoms with E-state index in [1.807, 2.05) is 27.7 Å². The number of hydrogen-bond acceptors (Lipinski definition) is 4. The van der Waals surface area contributed by atoms with E-state index in [0.717, 1.165) is 0 Å². The second-order valence-electron chi connectivity index (χ2n) is 5.69. The van der Waals surface area contributed by atoms with Crippen molar-refractivity contribution in [1.82, 2.24) is 10.2 Å². The van der Waals surface area contributed by atoms with Gasteiger partial charge in [-0.15, -0.1) is 0 Å². The molecule has 0 fully saturated rings. The van der Waals surface area contributed by atoms with E-state index in [1.165, 1.54) is 4.90 Å². The van der Waals surface area contributed by atoms with Crippen LogP contribution in [0.5, 0.6) is 0 Å². The Morgan fingerprint density at radius 2 is 1.67 bits per heavy atom. The van der Waals surface area contributed by atoms with E-state index < -0.39 is 0 Å². The molecular formula is C15H25N3O3. The van der Waals surface area contributed by atoms with Crippen molar-refractivity contribution in [2.24, 2.45) is 4.99 Å². The largest absolute Gasteiger partial charge is 0.463 e. The summed E-state index contributed by atoms with van der Waals surface area (Å²) in [5, 5.41) is 3.11. The summed E-state index contributed by atoms with van der Waals surface area (Å²) >= 11 is 0. The number of nitrogens with one attached hydrogen (secondary N) is 1. The van der Waals surface area contributed by atoms with Crippen LogP contribution in [0.4, 0.5) is 0 Å². The van der Waals surface area contributed by atoms with Crippen LogP contribution in [0.1, 0.15) is 41.5 Å². The molecule has 1 heterocycles. The number of amides is 2. The molecule has 0 bridgehead atoms. The van der Waals surface area contributed by atoms with E-state index in [2.05, 4.69) is 10.3 Å². The van der Waals surface area contributed by atoms with Gasteiger partial charge >= 0.3 is 0 Å². The van der Waals surface area contributed by atoms with Crippen LogP contribution in [0.25, 0.3) is 0 Å². The molecule has 0 aromatic carbocycles. The van der Waals surface area contributed by atoms with E-state index in [0.29, 0.717) is 17.2 Å². The summed E-state index contributed by atoms with van der Waals surface area (Å²) in [6, 6.07) is 0.747. The fourth-order valence-electron chi connectivity index (χ4n) is 1.85. The van der Waals surface area contributed by atoms with Gasteiger partial charge in [0.1, 0.15) is 6.61 Å². The van der Waals surface area contributed by atoms with Crippen LogP contribution in [0.3, 0.4) is 0 Å². The second-order valence-corrected chi connectivity index (χ2v) is 5.69. The number of carbonyl (C=O) groups is 2. The average Bonchev–Trinajstić information content (AvgIpc) is 2.54. The lowest BCUT2D eigenvalue weighted by Crippen LogP contribution is -2.38. The standard InChI is InChI=1S/C15H25N3O3/c1-9(2)16-15(17-10(3)4)21-8-7-18-13(19)11(5)12(6)14(18)20/h9-10H,7-8H2,1-6H3,(H,16,17). The Balaban J connectivity index is 2.56. The zero-order chi connectivity index (χ0) is 16.2. The monoisotopic (exact) mass is 295 g/mol. The summed E-state index contributed by atoms with van der Waals surface area (Å²) < 4.78 is 5.57. The zero-order valence-electron chi connectivity index (χ0n) is 13.7. The predicted octanol–water partition coefficient (Wildman–Crippen LogP) is 1.47. The quantitative estimate of drug-likeness (QED) is 0.474. The number of carbonyl (C=O) groups excluding carboxylic acids is 2. The Morgan fingerprint density at radius 1 is 1.14 bits per heavy atom. The van der Waals surface area contributed by atoms with Gasteiger partial charge in [-0.25, -0.2) is 4.99 Å². The summed E-state index contributed by atoms with van der Waals surface area (Å²) in [5.74, 6) is -0.472.